The summed E-state index contributed by atoms with van der Waals surface area (Å²) >= 11 is 0. The van der Waals surface area contributed by atoms with E-state index in [2.05, 4.69) is 38.3 Å². The number of carbonyl (C=O) groups is 3. The van der Waals surface area contributed by atoms with E-state index in [0.717, 1.165) is 18.4 Å². The lowest BCUT2D eigenvalue weighted by Crippen LogP contribution is -2.54. The van der Waals surface area contributed by atoms with Gasteiger partial charge in [0.15, 0.2) is 0 Å². The highest BCUT2D eigenvalue weighted by atomic mass is 16.2. The van der Waals surface area contributed by atoms with Crippen LogP contribution < -0.4 is 26.8 Å². The maximum Gasteiger partial charge on any atom is 0.318 e. The van der Waals surface area contributed by atoms with Gasteiger partial charge in [-0.05, 0) is 62.8 Å². The monoisotopic (exact) mass is 517 g/mol. The van der Waals surface area contributed by atoms with Crippen molar-refractivity contribution in [2.75, 3.05) is 32.5 Å². The first-order valence-electron chi connectivity index (χ1n) is 12.9. The number of urea groups is 1. The van der Waals surface area contributed by atoms with Gasteiger partial charge in [-0.3, -0.25) is 15.0 Å². The summed E-state index contributed by atoms with van der Waals surface area (Å²) in [4.78, 5) is 42.1. The third kappa shape index (κ3) is 5.15. The second-order valence-corrected chi connectivity index (χ2v) is 10.5. The van der Waals surface area contributed by atoms with Crippen molar-refractivity contribution in [1.82, 2.24) is 31.3 Å². The number of anilines is 1. The molecule has 0 radical (unpaired) electrons. The Morgan fingerprint density at radius 1 is 1.11 bits per heavy atom. The third-order valence-corrected chi connectivity index (χ3v) is 7.70. The zero-order valence-corrected chi connectivity index (χ0v) is 21.7. The molecule has 1 spiro atoms. The van der Waals surface area contributed by atoms with Crippen molar-refractivity contribution in [3.63, 3.8) is 0 Å². The number of hydrogen-bond donors (Lipinski definition) is 5. The van der Waals surface area contributed by atoms with Crippen molar-refractivity contribution in [2.24, 2.45) is 5.92 Å². The largest absolute Gasteiger partial charge is 0.335 e. The first kappa shape index (κ1) is 25.9. The Morgan fingerprint density at radius 3 is 2.45 bits per heavy atom. The van der Waals surface area contributed by atoms with Crippen molar-refractivity contribution < 1.29 is 14.4 Å². The predicted molar refractivity (Wildman–Crippen MR) is 145 cm³/mol. The van der Waals surface area contributed by atoms with Crippen molar-refractivity contribution in [1.29, 1.82) is 0 Å². The smallest absolute Gasteiger partial charge is 0.318 e. The molecule has 2 heterocycles. The van der Waals surface area contributed by atoms with Crippen LogP contribution in [0.5, 0.6) is 0 Å². The Bertz CT molecular complexity index is 1200. The molecule has 2 aromatic carbocycles. The maximum atomic E-state index is 13.6. The fourth-order valence-corrected chi connectivity index (χ4v) is 5.66. The number of nitrogens with one attached hydrogen (secondary N) is 5. The summed E-state index contributed by atoms with van der Waals surface area (Å²) in [5, 5.41) is 9.01. The molecule has 4 atom stereocenters. The molecule has 2 aliphatic heterocycles. The van der Waals surface area contributed by atoms with E-state index in [1.54, 1.807) is 24.3 Å². The highest BCUT2D eigenvalue weighted by molar-refractivity contribution is 5.99. The van der Waals surface area contributed by atoms with Crippen LogP contribution in [0.15, 0.2) is 67.3 Å². The fraction of sp³-hybridized carbons (Fsp3) is 0.393. The standard InChI is InChI=1S/C28H35N7O3/c1-4-23(36)29-20-12-10-19(11-13-20)26(37)31-25-21-16-35(28(14-15-28)24(21)32-33-25)27(38)30-22(17-34(2)3)18-8-6-5-7-9-18/h4-13,21-22,24-25,32-33H,1,14-17H2,2-3H3,(H,29,36)(H,30,38)(H,31,37)/t21?,22-,24?,25?/m1/s1. The molecule has 3 aliphatic rings. The Kier molecular flexibility index (Phi) is 7.20. The molecule has 2 aromatic rings. The van der Waals surface area contributed by atoms with E-state index in [4.69, 9.17) is 0 Å². The summed E-state index contributed by atoms with van der Waals surface area (Å²) in [6.07, 6.45) is 2.73. The average Bonchev–Trinajstić information content (AvgIpc) is 3.51. The minimum Gasteiger partial charge on any atom is -0.335 e. The summed E-state index contributed by atoms with van der Waals surface area (Å²) in [5.74, 6) is -0.507. The van der Waals surface area contributed by atoms with Crippen LogP contribution >= 0.6 is 0 Å². The first-order valence-corrected chi connectivity index (χ1v) is 12.9. The van der Waals surface area contributed by atoms with Crippen LogP contribution in [0.4, 0.5) is 10.5 Å². The molecule has 38 heavy (non-hydrogen) atoms. The average molecular weight is 518 g/mol. The molecule has 1 aliphatic carbocycles. The van der Waals surface area contributed by atoms with Gasteiger partial charge in [0.05, 0.1) is 23.8 Å². The molecule has 5 N–H and O–H groups in total. The van der Waals surface area contributed by atoms with Gasteiger partial charge in [-0.15, -0.1) is 0 Å². The number of fused-ring (bicyclic) bond motifs is 2. The molecule has 5 rings (SSSR count). The third-order valence-electron chi connectivity index (χ3n) is 7.70. The molecular formula is C28H35N7O3. The van der Waals surface area contributed by atoms with E-state index >= 15 is 0 Å². The molecule has 2 saturated heterocycles. The zero-order chi connectivity index (χ0) is 26.9. The van der Waals surface area contributed by atoms with Crippen molar-refractivity contribution in [3.8, 4) is 0 Å². The van der Waals surface area contributed by atoms with Crippen LogP contribution in [0.3, 0.4) is 0 Å². The number of nitrogens with zero attached hydrogens (tertiary/aromatic N) is 2. The van der Waals surface area contributed by atoms with Crippen LogP contribution in [-0.2, 0) is 4.79 Å². The first-order chi connectivity index (χ1) is 18.3. The van der Waals surface area contributed by atoms with Crippen molar-refractivity contribution in [2.45, 2.75) is 36.6 Å². The lowest BCUT2D eigenvalue weighted by atomic mass is 9.97. The predicted octanol–water partition coefficient (Wildman–Crippen LogP) is 1.82. The summed E-state index contributed by atoms with van der Waals surface area (Å²) in [5.41, 5.74) is 8.49. The van der Waals surface area contributed by atoms with E-state index in [0.29, 0.717) is 24.3 Å². The minimum absolute atomic E-state index is 0.0300. The Morgan fingerprint density at radius 2 is 1.82 bits per heavy atom. The van der Waals surface area contributed by atoms with Crippen molar-refractivity contribution in [3.05, 3.63) is 78.4 Å². The summed E-state index contributed by atoms with van der Waals surface area (Å²) in [6, 6.07) is 16.6. The fourth-order valence-electron chi connectivity index (χ4n) is 5.66. The minimum atomic E-state index is -0.324. The second-order valence-electron chi connectivity index (χ2n) is 10.5. The molecular weight excluding hydrogens is 482 g/mol. The number of amides is 4. The van der Waals surface area contributed by atoms with E-state index in [9.17, 15) is 14.4 Å². The van der Waals surface area contributed by atoms with Crippen molar-refractivity contribution >= 4 is 23.5 Å². The Hall–Kier alpha value is -3.73. The molecule has 3 unspecified atom stereocenters. The van der Waals surface area contributed by atoms with Gasteiger partial charge >= 0.3 is 6.03 Å². The van der Waals surface area contributed by atoms with Crippen LogP contribution in [0.1, 0.15) is 34.8 Å². The van der Waals surface area contributed by atoms with Crippen LogP contribution in [0.25, 0.3) is 0 Å². The molecule has 1 saturated carbocycles. The SMILES string of the molecule is C=CC(=O)Nc1ccc(C(=O)NC2NNC3C2CN(C(=O)N[C@H](CN(C)C)c2ccccc2)C32CC2)cc1. The quantitative estimate of drug-likeness (QED) is 0.341. The van der Waals surface area contributed by atoms with Gasteiger partial charge in [-0.25, -0.2) is 10.2 Å². The maximum absolute atomic E-state index is 13.6. The molecule has 0 aromatic heterocycles. The van der Waals surface area contributed by atoms with E-state index in [-0.39, 0.29) is 47.6 Å². The van der Waals surface area contributed by atoms with E-state index in [1.165, 1.54) is 6.08 Å². The normalized spacial score (nSPS) is 23.6. The molecule has 10 heteroatoms. The Labute approximate surface area is 222 Å². The molecule has 4 amide bonds. The van der Waals surface area contributed by atoms with Gasteiger partial charge in [0, 0.05) is 30.3 Å². The topological polar surface area (TPSA) is 118 Å². The number of likely N-dealkylation sites (tertiary alicyclic amines) is 1. The van der Waals surface area contributed by atoms with E-state index < -0.39 is 0 Å². The number of hydrogen-bond acceptors (Lipinski definition) is 6. The lowest BCUT2D eigenvalue weighted by Gasteiger charge is -2.31. The highest BCUT2D eigenvalue weighted by Gasteiger charge is 2.66. The Balaban J connectivity index is 1.24. The molecule has 0 bridgehead atoms. The molecule has 200 valence electrons. The van der Waals surface area contributed by atoms with Crippen LogP contribution in [0, 0.1) is 5.92 Å². The van der Waals surface area contributed by atoms with Gasteiger partial charge in [-0.2, -0.15) is 0 Å². The lowest BCUT2D eigenvalue weighted by molar-refractivity contribution is -0.111. The number of carbonyl (C=O) groups excluding carboxylic acids is 3. The van der Waals surface area contributed by atoms with Crippen LogP contribution in [-0.4, -0.2) is 72.6 Å². The molecule has 3 fully saturated rings. The van der Waals surface area contributed by atoms with Gasteiger partial charge in [-0.1, -0.05) is 36.9 Å². The number of benzene rings is 2. The number of rotatable bonds is 8. The summed E-state index contributed by atoms with van der Waals surface area (Å²) < 4.78 is 0. The van der Waals surface area contributed by atoms with E-state index in [1.807, 2.05) is 49.3 Å². The zero-order valence-electron chi connectivity index (χ0n) is 21.7. The summed E-state index contributed by atoms with van der Waals surface area (Å²) in [6.45, 7) is 4.67. The van der Waals surface area contributed by atoms with Gasteiger partial charge < -0.3 is 25.8 Å². The highest BCUT2D eigenvalue weighted by Crippen LogP contribution is 2.53. The number of hydrazine groups is 1. The van der Waals surface area contributed by atoms with Gasteiger partial charge in [0.1, 0.15) is 0 Å². The van der Waals surface area contributed by atoms with Gasteiger partial charge in [0.2, 0.25) is 5.91 Å². The van der Waals surface area contributed by atoms with Gasteiger partial charge in [0.25, 0.3) is 5.91 Å². The van der Waals surface area contributed by atoms with Crippen LogP contribution in [0.2, 0.25) is 0 Å². The summed E-state index contributed by atoms with van der Waals surface area (Å²) in [7, 11) is 4.00. The number of likely N-dealkylation sites (N-methyl/N-ethyl adjacent to an activating group) is 1. The molecule has 10 nitrogen and oxygen atoms in total. The second kappa shape index (κ2) is 10.6.